The molecule has 0 aliphatic rings. The molecule has 0 unspecified atom stereocenters. The first-order valence-electron chi connectivity index (χ1n) is 11.3. The zero-order chi connectivity index (χ0) is 26.5. The van der Waals surface area contributed by atoms with Crippen LogP contribution in [-0.4, -0.2) is 40.2 Å². The lowest BCUT2D eigenvalue weighted by molar-refractivity contribution is 0.337. The molecule has 2 aromatic carbocycles. The Morgan fingerprint density at radius 2 is 1.43 bits per heavy atom. The molecular weight excluding hydrogens is 511 g/mol. The van der Waals surface area contributed by atoms with Crippen LogP contribution >= 0.6 is 0 Å². The number of nitrogens with zero attached hydrogens (tertiary/aromatic N) is 1. The van der Waals surface area contributed by atoms with Crippen LogP contribution in [0.3, 0.4) is 0 Å². The van der Waals surface area contributed by atoms with Crippen LogP contribution in [0, 0.1) is 11.3 Å². The molecule has 10 heteroatoms. The molecule has 0 fully saturated rings. The Morgan fingerprint density at radius 3 is 1.89 bits per heavy atom. The number of hydrogen-bond acceptors (Lipinski definition) is 6. The summed E-state index contributed by atoms with van der Waals surface area (Å²) in [6, 6.07) is 16.6. The molecule has 0 amide bonds. The molecule has 0 bridgehead atoms. The molecule has 0 spiro atoms. The Bertz CT molecular complexity index is 1190. The third-order valence-corrected chi connectivity index (χ3v) is 15.8. The van der Waals surface area contributed by atoms with Crippen molar-refractivity contribution in [2.45, 2.75) is 50.7 Å². The Labute approximate surface area is 213 Å². The number of rotatable bonds is 11. The lowest BCUT2D eigenvalue weighted by Gasteiger charge is -2.39. The summed E-state index contributed by atoms with van der Waals surface area (Å²) in [5.41, 5.74) is 0.579. The molecule has 0 radical (unpaired) electrons. The maximum Gasteiger partial charge on any atom is 0.347 e. The molecule has 2 rings (SSSR count). The van der Waals surface area contributed by atoms with Crippen molar-refractivity contribution < 1.29 is 21.4 Å². The third kappa shape index (κ3) is 8.71. The van der Waals surface area contributed by atoms with Gasteiger partial charge in [-0.15, -0.1) is 0 Å². The normalized spacial score (nSPS) is 13.3. The summed E-state index contributed by atoms with van der Waals surface area (Å²) in [6.45, 7) is 19.4. The average molecular weight is 546 g/mol. The molecule has 0 aliphatic carbocycles. The van der Waals surface area contributed by atoms with Crippen molar-refractivity contribution in [1.82, 2.24) is 0 Å². The highest BCUT2D eigenvalue weighted by atomic mass is 32.2. The van der Waals surface area contributed by atoms with Gasteiger partial charge >= 0.3 is 8.56 Å². The predicted octanol–water partition coefficient (Wildman–Crippen LogP) is 6.27. The summed E-state index contributed by atoms with van der Waals surface area (Å²) < 4.78 is 44.5. The number of allylic oxidation sites excluding steroid dienone is 1. The molecule has 0 saturated carbocycles. The minimum atomic E-state index is -3.89. The van der Waals surface area contributed by atoms with Gasteiger partial charge in [0.15, 0.2) is 16.6 Å². The van der Waals surface area contributed by atoms with E-state index in [9.17, 15) is 13.7 Å². The second kappa shape index (κ2) is 11.2. The van der Waals surface area contributed by atoms with Crippen molar-refractivity contribution in [2.24, 2.45) is 0 Å². The number of sulfone groups is 1. The molecule has 0 aromatic heterocycles. The van der Waals surface area contributed by atoms with Crippen LogP contribution in [0.2, 0.25) is 45.8 Å². The van der Waals surface area contributed by atoms with Crippen molar-refractivity contribution in [3.05, 3.63) is 76.8 Å². The Kier molecular flexibility index (Phi) is 9.27. The highest BCUT2D eigenvalue weighted by Gasteiger charge is 2.43. The fourth-order valence-electron chi connectivity index (χ4n) is 3.34. The van der Waals surface area contributed by atoms with Crippen molar-refractivity contribution in [3.63, 3.8) is 0 Å². The van der Waals surface area contributed by atoms with Crippen molar-refractivity contribution in [3.8, 4) is 11.8 Å². The van der Waals surface area contributed by atoms with Crippen LogP contribution in [0.1, 0.15) is 5.56 Å². The van der Waals surface area contributed by atoms with Crippen LogP contribution < -0.4 is 4.74 Å². The first kappa shape index (κ1) is 29.0. The molecule has 6 nitrogen and oxygen atoms in total. The van der Waals surface area contributed by atoms with Crippen molar-refractivity contribution in [1.29, 1.82) is 5.26 Å². The van der Waals surface area contributed by atoms with E-state index in [0.29, 0.717) is 11.3 Å². The zero-order valence-corrected chi connectivity index (χ0v) is 25.4. The van der Waals surface area contributed by atoms with Gasteiger partial charge in [-0.1, -0.05) is 36.9 Å². The summed E-state index contributed by atoms with van der Waals surface area (Å²) in [5, 5.41) is 10.3. The van der Waals surface area contributed by atoms with Gasteiger partial charge in [-0.2, -0.15) is 5.26 Å². The zero-order valence-electron chi connectivity index (χ0n) is 21.6. The summed E-state index contributed by atoms with van der Waals surface area (Å²) >= 11 is 0. The topological polar surface area (TPSA) is 85.6 Å². The third-order valence-electron chi connectivity index (χ3n) is 4.69. The molecule has 0 aliphatic heterocycles. The van der Waals surface area contributed by atoms with E-state index in [2.05, 4.69) is 45.9 Å². The monoisotopic (exact) mass is 545 g/mol. The fraction of sp³-hybridized carbons (Fsp3) is 0.320. The van der Waals surface area contributed by atoms with E-state index in [0.717, 1.165) is 5.20 Å². The largest absolute Gasteiger partial charge is 0.489 e. The van der Waals surface area contributed by atoms with Crippen LogP contribution in [0.15, 0.2) is 76.2 Å². The molecule has 0 N–H and O–H groups in total. The van der Waals surface area contributed by atoms with Gasteiger partial charge in [0.05, 0.1) is 4.90 Å². The second-order valence-corrected chi connectivity index (χ2v) is 24.9. The van der Waals surface area contributed by atoms with Gasteiger partial charge < -0.3 is 13.0 Å². The van der Waals surface area contributed by atoms with Crippen molar-refractivity contribution in [2.75, 3.05) is 6.61 Å². The van der Waals surface area contributed by atoms with E-state index in [4.69, 9.17) is 13.0 Å². The van der Waals surface area contributed by atoms with Gasteiger partial charge in [0.1, 0.15) is 23.3 Å². The summed E-state index contributed by atoms with van der Waals surface area (Å²) in [4.78, 5) is -0.237. The van der Waals surface area contributed by atoms with Crippen LogP contribution in [-0.2, 0) is 18.1 Å². The number of hydrogen-bond donors (Lipinski definition) is 0. The van der Waals surface area contributed by atoms with Gasteiger partial charge in [-0.3, -0.25) is 0 Å². The number of benzene rings is 2. The van der Waals surface area contributed by atoms with E-state index >= 15 is 0 Å². The second-order valence-electron chi connectivity index (χ2n) is 10.3. The lowest BCUT2D eigenvalue weighted by atomic mass is 10.2. The average Bonchev–Trinajstić information content (AvgIpc) is 2.74. The van der Waals surface area contributed by atoms with E-state index in [1.54, 1.807) is 42.5 Å². The van der Waals surface area contributed by atoms with Gasteiger partial charge in [-0.05, 0) is 81.7 Å². The van der Waals surface area contributed by atoms with Crippen molar-refractivity contribution >= 4 is 41.1 Å². The molecule has 0 heterocycles. The number of nitriles is 1. The minimum absolute atomic E-state index is 0.0829. The minimum Gasteiger partial charge on any atom is -0.489 e. The van der Waals surface area contributed by atoms with E-state index in [1.165, 1.54) is 18.2 Å². The van der Waals surface area contributed by atoms with Crippen LogP contribution in [0.25, 0.3) is 6.08 Å². The first-order chi connectivity index (χ1) is 16.1. The maximum atomic E-state index is 12.8. The quantitative estimate of drug-likeness (QED) is 0.244. The molecule has 2 aromatic rings. The fourth-order valence-corrected chi connectivity index (χ4v) is 15.9. The molecule has 35 heavy (non-hydrogen) atoms. The first-order valence-corrected chi connectivity index (χ1v) is 21.9. The molecule has 0 atom stereocenters. The van der Waals surface area contributed by atoms with E-state index in [1.807, 2.05) is 12.6 Å². The number of ether oxygens (including phenoxy) is 1. The van der Waals surface area contributed by atoms with Crippen LogP contribution in [0.4, 0.5) is 0 Å². The maximum absolute atomic E-state index is 12.8. The summed E-state index contributed by atoms with van der Waals surface area (Å²) in [5.74, 6) is 0.602. The Balaban J connectivity index is 2.17. The van der Waals surface area contributed by atoms with Gasteiger partial charge in [0, 0.05) is 5.20 Å². The van der Waals surface area contributed by atoms with Gasteiger partial charge in [0.25, 0.3) is 0 Å². The predicted molar refractivity (Wildman–Crippen MR) is 149 cm³/mol. The SMILES string of the molecule is C=C(COc1ccc(/C=C(\C#N)S(=O)(=O)c2ccccc2)cc1)[Si](C)(O[Si](C)(C)C)O[Si](C)(C)C. The van der Waals surface area contributed by atoms with Gasteiger partial charge in [0.2, 0.25) is 9.84 Å². The molecule has 188 valence electrons. The smallest absolute Gasteiger partial charge is 0.347 e. The highest BCUT2D eigenvalue weighted by Crippen LogP contribution is 2.27. The summed E-state index contributed by atoms with van der Waals surface area (Å²) in [6.07, 6.45) is 1.36. The molecular formula is C25H35NO5SSi3. The lowest BCUT2D eigenvalue weighted by Crippen LogP contribution is -2.54. The molecule has 0 saturated heterocycles. The van der Waals surface area contributed by atoms with E-state index in [-0.39, 0.29) is 16.4 Å². The van der Waals surface area contributed by atoms with Gasteiger partial charge in [-0.25, -0.2) is 8.42 Å². The standard InChI is InChI=1S/C25H35NO5SSi3/c1-21(35(8,30-33(2,3)4)31-34(5,6)7)20-29-23-16-14-22(15-17-23)18-25(19-26)32(27,28)24-12-10-9-11-13-24/h9-18H,1,20H2,2-8H3/b25-18+. The Hall–Kier alpha value is -2.27. The highest BCUT2D eigenvalue weighted by molar-refractivity contribution is 7.95. The summed E-state index contributed by atoms with van der Waals surface area (Å²) in [7, 11) is -10.3. The van der Waals surface area contributed by atoms with Crippen LogP contribution in [0.5, 0.6) is 5.75 Å². The Morgan fingerprint density at radius 1 is 0.914 bits per heavy atom. The van der Waals surface area contributed by atoms with E-state index < -0.39 is 35.0 Å².